The average Bonchev–Trinajstić information content (AvgIpc) is 2.91. The van der Waals surface area contributed by atoms with E-state index in [1.165, 1.54) is 0 Å². The fraction of sp³-hybridized carbons (Fsp3) is 0.308. The van der Waals surface area contributed by atoms with Crippen molar-refractivity contribution in [3.63, 3.8) is 0 Å². The maximum atomic E-state index is 4.45. The van der Waals surface area contributed by atoms with Gasteiger partial charge in [-0.3, -0.25) is 10.1 Å². The fourth-order valence-corrected chi connectivity index (χ4v) is 1.87. The number of aromatic amines is 1. The van der Waals surface area contributed by atoms with E-state index >= 15 is 0 Å². The van der Waals surface area contributed by atoms with Crippen molar-refractivity contribution in [2.45, 2.75) is 26.3 Å². The standard InChI is InChI=1S/C13H16N6/c1-13(2,3)17-10-8-15-12-16-11(18-19(10)12)9-5-4-6-14-7-9/h4-8,17H,1-3H3,(H,15,16,18). The van der Waals surface area contributed by atoms with Gasteiger partial charge in [-0.25, -0.2) is 9.50 Å². The summed E-state index contributed by atoms with van der Waals surface area (Å²) in [7, 11) is 0. The molecule has 0 saturated carbocycles. The molecular weight excluding hydrogens is 240 g/mol. The molecule has 0 saturated heterocycles. The zero-order valence-electron chi connectivity index (χ0n) is 11.2. The quantitative estimate of drug-likeness (QED) is 0.738. The lowest BCUT2D eigenvalue weighted by Crippen LogP contribution is -2.26. The molecule has 0 amide bonds. The van der Waals surface area contributed by atoms with Gasteiger partial charge in [0.15, 0.2) is 5.82 Å². The summed E-state index contributed by atoms with van der Waals surface area (Å²) < 4.78 is 1.84. The van der Waals surface area contributed by atoms with Crippen molar-refractivity contribution in [1.29, 1.82) is 0 Å². The Bertz CT molecular complexity index is 689. The van der Waals surface area contributed by atoms with Crippen LogP contribution < -0.4 is 5.32 Å². The number of fused-ring (bicyclic) bond motifs is 1. The molecule has 98 valence electrons. The fourth-order valence-electron chi connectivity index (χ4n) is 1.87. The van der Waals surface area contributed by atoms with E-state index in [4.69, 9.17) is 0 Å². The Kier molecular flexibility index (Phi) is 2.51. The lowest BCUT2D eigenvalue weighted by molar-refractivity contribution is 0.627. The number of imidazole rings is 1. The molecule has 3 aromatic rings. The first kappa shape index (κ1) is 11.7. The van der Waals surface area contributed by atoms with Crippen LogP contribution in [0.2, 0.25) is 0 Å². The maximum Gasteiger partial charge on any atom is 0.252 e. The molecule has 3 rings (SSSR count). The SMILES string of the molecule is CC(C)(C)Nc1cnc2nc(-c3cccnc3)[nH]n12. The van der Waals surface area contributed by atoms with Gasteiger partial charge in [0.05, 0.1) is 6.20 Å². The number of hydrogen-bond acceptors (Lipinski definition) is 4. The van der Waals surface area contributed by atoms with Crippen LogP contribution in [-0.4, -0.2) is 30.1 Å². The molecule has 0 aromatic carbocycles. The molecule has 0 radical (unpaired) electrons. The Morgan fingerprint density at radius 2 is 2.11 bits per heavy atom. The Morgan fingerprint density at radius 1 is 1.26 bits per heavy atom. The summed E-state index contributed by atoms with van der Waals surface area (Å²) in [5, 5.41) is 6.61. The molecule has 0 fully saturated rings. The van der Waals surface area contributed by atoms with Crippen LogP contribution in [0.3, 0.4) is 0 Å². The van der Waals surface area contributed by atoms with Crippen LogP contribution in [0.5, 0.6) is 0 Å². The summed E-state index contributed by atoms with van der Waals surface area (Å²) in [6.07, 6.45) is 5.29. The highest BCUT2D eigenvalue weighted by Crippen LogP contribution is 2.19. The molecule has 6 nitrogen and oxygen atoms in total. The Balaban J connectivity index is 2.03. The van der Waals surface area contributed by atoms with E-state index in [0.29, 0.717) is 5.78 Å². The first-order valence-corrected chi connectivity index (χ1v) is 6.15. The van der Waals surface area contributed by atoms with Gasteiger partial charge in [0.25, 0.3) is 5.78 Å². The number of anilines is 1. The molecule has 0 bridgehead atoms. The van der Waals surface area contributed by atoms with Gasteiger partial charge in [-0.05, 0) is 32.9 Å². The predicted octanol–water partition coefficient (Wildman–Crippen LogP) is 2.33. The second-order valence-electron chi connectivity index (χ2n) is 5.47. The zero-order valence-corrected chi connectivity index (χ0v) is 11.2. The minimum absolute atomic E-state index is 0.0322. The second kappa shape index (κ2) is 4.08. The summed E-state index contributed by atoms with van der Waals surface area (Å²) >= 11 is 0. The molecule has 0 aliphatic heterocycles. The monoisotopic (exact) mass is 256 g/mol. The molecule has 2 N–H and O–H groups in total. The van der Waals surface area contributed by atoms with E-state index < -0.39 is 0 Å². The number of hydrogen-bond donors (Lipinski definition) is 2. The van der Waals surface area contributed by atoms with Crippen LogP contribution in [0.25, 0.3) is 17.2 Å². The van der Waals surface area contributed by atoms with E-state index in [-0.39, 0.29) is 5.54 Å². The number of rotatable bonds is 2. The Labute approximate surface area is 110 Å². The predicted molar refractivity (Wildman–Crippen MR) is 73.9 cm³/mol. The van der Waals surface area contributed by atoms with Gasteiger partial charge in [-0.15, -0.1) is 0 Å². The number of H-pyrrole nitrogens is 1. The summed E-state index contributed by atoms with van der Waals surface area (Å²) in [5.74, 6) is 2.30. The van der Waals surface area contributed by atoms with Crippen molar-refractivity contribution in [3.8, 4) is 11.4 Å². The van der Waals surface area contributed by atoms with Crippen LogP contribution in [-0.2, 0) is 0 Å². The highest BCUT2D eigenvalue weighted by molar-refractivity contribution is 5.57. The number of nitrogens with zero attached hydrogens (tertiary/aromatic N) is 4. The third kappa shape index (κ3) is 2.29. The lowest BCUT2D eigenvalue weighted by atomic mass is 10.1. The van der Waals surface area contributed by atoms with Crippen molar-refractivity contribution >= 4 is 11.6 Å². The number of aromatic nitrogens is 5. The van der Waals surface area contributed by atoms with E-state index in [9.17, 15) is 0 Å². The van der Waals surface area contributed by atoms with Gasteiger partial charge in [-0.2, -0.15) is 4.98 Å². The molecular formula is C13H16N6. The normalized spacial score (nSPS) is 11.9. The van der Waals surface area contributed by atoms with Gasteiger partial charge >= 0.3 is 0 Å². The van der Waals surface area contributed by atoms with Crippen molar-refractivity contribution in [1.82, 2.24) is 24.6 Å². The molecule has 19 heavy (non-hydrogen) atoms. The molecule has 0 atom stereocenters. The molecule has 6 heteroatoms. The van der Waals surface area contributed by atoms with E-state index in [1.54, 1.807) is 18.6 Å². The number of nitrogens with one attached hydrogen (secondary N) is 2. The molecule has 0 aliphatic carbocycles. The minimum atomic E-state index is -0.0322. The van der Waals surface area contributed by atoms with Crippen LogP contribution in [0, 0.1) is 0 Å². The van der Waals surface area contributed by atoms with Crippen molar-refractivity contribution in [2.24, 2.45) is 0 Å². The van der Waals surface area contributed by atoms with E-state index in [1.807, 2.05) is 16.6 Å². The third-order valence-electron chi connectivity index (χ3n) is 2.61. The van der Waals surface area contributed by atoms with Gasteiger partial charge in [0, 0.05) is 23.5 Å². The van der Waals surface area contributed by atoms with Gasteiger partial charge < -0.3 is 5.32 Å². The van der Waals surface area contributed by atoms with E-state index in [0.717, 1.165) is 17.2 Å². The summed E-state index contributed by atoms with van der Waals surface area (Å²) in [5.41, 5.74) is 0.907. The smallest absolute Gasteiger partial charge is 0.252 e. The molecule has 0 unspecified atom stereocenters. The summed E-state index contributed by atoms with van der Waals surface area (Å²) in [6, 6.07) is 3.84. The van der Waals surface area contributed by atoms with Crippen LogP contribution in [0.15, 0.2) is 30.7 Å². The Hall–Kier alpha value is -2.37. The maximum absolute atomic E-state index is 4.45. The summed E-state index contributed by atoms with van der Waals surface area (Å²) in [4.78, 5) is 12.8. The molecule has 0 spiro atoms. The highest BCUT2D eigenvalue weighted by Gasteiger charge is 2.15. The molecule has 3 aromatic heterocycles. The van der Waals surface area contributed by atoms with Crippen molar-refractivity contribution < 1.29 is 0 Å². The van der Waals surface area contributed by atoms with Crippen molar-refractivity contribution in [3.05, 3.63) is 30.7 Å². The number of pyridine rings is 1. The van der Waals surface area contributed by atoms with Crippen LogP contribution in [0.4, 0.5) is 5.82 Å². The topological polar surface area (TPSA) is 70.9 Å². The van der Waals surface area contributed by atoms with Crippen LogP contribution >= 0.6 is 0 Å². The third-order valence-corrected chi connectivity index (χ3v) is 2.61. The van der Waals surface area contributed by atoms with Crippen LogP contribution in [0.1, 0.15) is 20.8 Å². The van der Waals surface area contributed by atoms with E-state index in [2.05, 4.69) is 46.1 Å². The Morgan fingerprint density at radius 3 is 2.79 bits per heavy atom. The zero-order chi connectivity index (χ0) is 13.5. The molecule has 3 heterocycles. The first-order valence-electron chi connectivity index (χ1n) is 6.15. The molecule has 0 aliphatic rings. The average molecular weight is 256 g/mol. The van der Waals surface area contributed by atoms with Crippen molar-refractivity contribution in [2.75, 3.05) is 5.32 Å². The largest absolute Gasteiger partial charge is 0.364 e. The van der Waals surface area contributed by atoms with Gasteiger partial charge in [-0.1, -0.05) is 0 Å². The lowest BCUT2D eigenvalue weighted by Gasteiger charge is -2.20. The highest BCUT2D eigenvalue weighted by atomic mass is 15.4. The second-order valence-corrected chi connectivity index (χ2v) is 5.47. The summed E-state index contributed by atoms with van der Waals surface area (Å²) in [6.45, 7) is 6.31. The van der Waals surface area contributed by atoms with Gasteiger partial charge in [0.1, 0.15) is 5.82 Å². The first-order chi connectivity index (χ1) is 9.03. The minimum Gasteiger partial charge on any atom is -0.364 e. The van der Waals surface area contributed by atoms with Gasteiger partial charge in [0.2, 0.25) is 0 Å².